The summed E-state index contributed by atoms with van der Waals surface area (Å²) >= 11 is 0. The van der Waals surface area contributed by atoms with Crippen LogP contribution in [0.4, 0.5) is 5.69 Å². The van der Waals surface area contributed by atoms with Gasteiger partial charge in [-0.1, -0.05) is 45.4 Å². The van der Waals surface area contributed by atoms with Crippen molar-refractivity contribution in [2.45, 2.75) is 40.0 Å². The first kappa shape index (κ1) is 12.7. The molecular weight excluding hydrogens is 234 g/mol. The highest BCUT2D eigenvalue weighted by molar-refractivity contribution is 5.98. The van der Waals surface area contributed by atoms with Gasteiger partial charge in [0, 0.05) is 11.8 Å². The van der Waals surface area contributed by atoms with Gasteiger partial charge in [-0.05, 0) is 36.2 Å². The van der Waals surface area contributed by atoms with Crippen molar-refractivity contribution in [2.75, 3.05) is 5.32 Å². The minimum absolute atomic E-state index is 0.144. The monoisotopic (exact) mass is 256 g/mol. The maximum atomic E-state index is 12.8. The van der Waals surface area contributed by atoms with Gasteiger partial charge in [0.15, 0.2) is 0 Å². The van der Waals surface area contributed by atoms with Crippen LogP contribution in [0.15, 0.2) is 24.3 Å². The van der Waals surface area contributed by atoms with Gasteiger partial charge in [-0.2, -0.15) is 0 Å². The lowest BCUT2D eigenvalue weighted by Crippen LogP contribution is -2.32. The van der Waals surface area contributed by atoms with Crippen LogP contribution in [0.25, 0.3) is 0 Å². The van der Waals surface area contributed by atoms with E-state index < -0.39 is 0 Å². The molecule has 19 heavy (non-hydrogen) atoms. The fourth-order valence-corrected chi connectivity index (χ4v) is 4.33. The molecule has 2 fully saturated rings. The topological polar surface area (TPSA) is 29.1 Å². The zero-order chi connectivity index (χ0) is 13.7. The van der Waals surface area contributed by atoms with E-state index in [1.807, 2.05) is 24.3 Å². The van der Waals surface area contributed by atoms with E-state index in [0.29, 0.717) is 11.8 Å². The molecule has 2 aliphatic carbocycles. The number of anilines is 1. The van der Waals surface area contributed by atoms with Crippen molar-refractivity contribution in [1.82, 2.24) is 0 Å². The Morgan fingerprint density at radius 3 is 2.84 bits per heavy atom. The van der Waals surface area contributed by atoms with Gasteiger partial charge >= 0.3 is 0 Å². The van der Waals surface area contributed by atoms with E-state index >= 15 is 0 Å². The van der Waals surface area contributed by atoms with E-state index in [2.05, 4.69) is 32.2 Å². The number of nitrogens with one attached hydrogen (secondary N) is 1. The minimum atomic E-state index is -0.144. The van der Waals surface area contributed by atoms with Crippen molar-refractivity contribution in [1.29, 1.82) is 0 Å². The van der Waals surface area contributed by atoms with E-state index in [1.54, 1.807) is 0 Å². The lowest BCUT2D eigenvalue weighted by molar-refractivity contribution is -0.123. The molecule has 0 saturated heterocycles. The smallest absolute Gasteiger partial charge is 0.231 e. The normalized spacial score (nSPS) is 35.3. The Kier molecular flexibility index (Phi) is 2.74. The zero-order valence-electron chi connectivity index (χ0n) is 12.0. The molecule has 1 radical (unpaired) electrons. The van der Waals surface area contributed by atoms with Crippen molar-refractivity contribution in [2.24, 2.45) is 22.7 Å². The quantitative estimate of drug-likeness (QED) is 0.854. The molecule has 2 nitrogen and oxygen atoms in total. The molecule has 101 valence electrons. The molecule has 1 aromatic rings. The van der Waals surface area contributed by atoms with Gasteiger partial charge < -0.3 is 5.32 Å². The molecule has 2 saturated carbocycles. The Labute approximate surface area is 115 Å². The lowest BCUT2D eigenvalue weighted by Gasteiger charge is -2.27. The lowest BCUT2D eigenvalue weighted by atomic mass is 9.80. The van der Waals surface area contributed by atoms with Crippen LogP contribution in [-0.2, 0) is 4.79 Å². The molecule has 0 bridgehead atoms. The number of rotatable bonds is 2. The number of benzene rings is 1. The summed E-state index contributed by atoms with van der Waals surface area (Å²) in [4.78, 5) is 12.8. The molecule has 2 aliphatic rings. The Balaban J connectivity index is 1.83. The summed E-state index contributed by atoms with van der Waals surface area (Å²) in [6.07, 6.45) is 3.49. The SMILES string of the molecule is CC1CCC2C(C)(C)C2(C(=O)Nc2[c]cccc2)C1. The van der Waals surface area contributed by atoms with Crippen molar-refractivity contribution >= 4 is 11.6 Å². The highest BCUT2D eigenvalue weighted by Gasteiger charge is 2.75. The predicted octanol–water partition coefficient (Wildman–Crippen LogP) is 3.89. The Bertz CT molecular complexity index is 493. The number of carbonyl (C=O) groups is 1. The second-order valence-corrected chi connectivity index (χ2v) is 6.86. The third kappa shape index (κ3) is 1.73. The molecule has 0 spiro atoms. The number of para-hydroxylation sites is 1. The van der Waals surface area contributed by atoms with Crippen LogP contribution in [0.5, 0.6) is 0 Å². The molecule has 1 aromatic carbocycles. The van der Waals surface area contributed by atoms with Crippen molar-refractivity contribution in [3.63, 3.8) is 0 Å². The Morgan fingerprint density at radius 1 is 1.37 bits per heavy atom. The molecule has 3 atom stereocenters. The molecule has 0 heterocycles. The third-order valence-corrected chi connectivity index (χ3v) is 5.51. The van der Waals surface area contributed by atoms with Gasteiger partial charge in [0.05, 0.1) is 5.41 Å². The molecule has 2 heteroatoms. The fourth-order valence-electron chi connectivity index (χ4n) is 4.33. The number of hydrogen-bond acceptors (Lipinski definition) is 1. The largest absolute Gasteiger partial charge is 0.325 e. The Hall–Kier alpha value is -1.31. The van der Waals surface area contributed by atoms with Gasteiger partial charge in [0.1, 0.15) is 0 Å². The van der Waals surface area contributed by atoms with Crippen LogP contribution in [-0.4, -0.2) is 5.91 Å². The number of fused-ring (bicyclic) bond motifs is 1. The standard InChI is InChI=1S/C17H22NO/c1-12-9-10-14-16(2,3)17(14,11-12)15(19)18-13-7-5-4-6-8-13/h4-7,12,14H,9-11H2,1-3H3,(H,18,19). The third-order valence-electron chi connectivity index (χ3n) is 5.51. The summed E-state index contributed by atoms with van der Waals surface area (Å²) in [6.45, 7) is 6.78. The van der Waals surface area contributed by atoms with Gasteiger partial charge in [0.25, 0.3) is 0 Å². The zero-order valence-corrected chi connectivity index (χ0v) is 12.0. The summed E-state index contributed by atoms with van der Waals surface area (Å²) in [7, 11) is 0. The molecule has 1 N–H and O–H groups in total. The number of hydrogen-bond donors (Lipinski definition) is 1. The fraction of sp³-hybridized carbons (Fsp3) is 0.588. The maximum Gasteiger partial charge on any atom is 0.231 e. The maximum absolute atomic E-state index is 12.8. The van der Waals surface area contributed by atoms with Crippen LogP contribution in [0.2, 0.25) is 0 Å². The summed E-state index contributed by atoms with van der Waals surface area (Å²) < 4.78 is 0. The molecule has 1 amide bonds. The first-order valence-corrected chi connectivity index (χ1v) is 7.26. The highest BCUT2D eigenvalue weighted by atomic mass is 16.2. The minimum Gasteiger partial charge on any atom is -0.325 e. The van der Waals surface area contributed by atoms with Gasteiger partial charge in [-0.25, -0.2) is 0 Å². The van der Waals surface area contributed by atoms with Gasteiger partial charge in [-0.15, -0.1) is 0 Å². The number of carbonyl (C=O) groups excluding carboxylic acids is 1. The first-order chi connectivity index (χ1) is 8.98. The molecule has 3 rings (SSSR count). The van der Waals surface area contributed by atoms with Crippen molar-refractivity contribution in [3.8, 4) is 0 Å². The molecular formula is C17H22NO. The average Bonchev–Trinajstić information content (AvgIpc) is 2.88. The van der Waals surface area contributed by atoms with E-state index in [-0.39, 0.29) is 16.7 Å². The molecule has 0 aromatic heterocycles. The first-order valence-electron chi connectivity index (χ1n) is 7.26. The van der Waals surface area contributed by atoms with Crippen LogP contribution in [0.3, 0.4) is 0 Å². The van der Waals surface area contributed by atoms with Gasteiger partial charge in [0.2, 0.25) is 5.91 Å². The molecule has 3 unspecified atom stereocenters. The summed E-state index contributed by atoms with van der Waals surface area (Å²) in [5.74, 6) is 1.42. The number of amides is 1. The summed E-state index contributed by atoms with van der Waals surface area (Å²) in [5, 5.41) is 3.08. The van der Waals surface area contributed by atoms with E-state index in [4.69, 9.17) is 0 Å². The highest BCUT2D eigenvalue weighted by Crippen LogP contribution is 2.75. The van der Waals surface area contributed by atoms with Crippen molar-refractivity contribution < 1.29 is 4.79 Å². The van der Waals surface area contributed by atoms with Crippen LogP contribution < -0.4 is 5.32 Å². The average molecular weight is 256 g/mol. The van der Waals surface area contributed by atoms with E-state index in [9.17, 15) is 4.79 Å². The van der Waals surface area contributed by atoms with E-state index in [1.165, 1.54) is 12.8 Å². The second-order valence-electron chi connectivity index (χ2n) is 6.86. The van der Waals surface area contributed by atoms with Crippen LogP contribution in [0, 0.1) is 28.7 Å². The predicted molar refractivity (Wildman–Crippen MR) is 76.6 cm³/mol. The van der Waals surface area contributed by atoms with E-state index in [0.717, 1.165) is 12.1 Å². The van der Waals surface area contributed by atoms with Gasteiger partial charge in [-0.3, -0.25) is 4.79 Å². The Morgan fingerprint density at radius 2 is 2.16 bits per heavy atom. The summed E-state index contributed by atoms with van der Waals surface area (Å²) in [6, 6.07) is 10.7. The molecule has 0 aliphatic heterocycles. The van der Waals surface area contributed by atoms with Crippen molar-refractivity contribution in [3.05, 3.63) is 30.3 Å². The summed E-state index contributed by atoms with van der Waals surface area (Å²) in [5.41, 5.74) is 0.798. The second kappa shape index (κ2) is 4.09. The van der Waals surface area contributed by atoms with Crippen LogP contribution >= 0.6 is 0 Å². The van der Waals surface area contributed by atoms with Crippen LogP contribution in [0.1, 0.15) is 40.0 Å².